The monoisotopic (exact) mass is 440 g/mol. The van der Waals surface area contributed by atoms with Crippen molar-refractivity contribution in [2.24, 2.45) is 0 Å². The minimum atomic E-state index is -6.43. The molecule has 0 aromatic heterocycles. The van der Waals surface area contributed by atoms with Crippen molar-refractivity contribution in [2.45, 2.75) is 37.5 Å². The van der Waals surface area contributed by atoms with Crippen LogP contribution in [-0.4, -0.2) is 36.8 Å². The Labute approximate surface area is 166 Å². The molecule has 0 unspecified atom stereocenters. The first-order valence-corrected chi connectivity index (χ1v) is 8.61. The van der Waals surface area contributed by atoms with E-state index in [-0.39, 0.29) is 5.56 Å². The van der Waals surface area contributed by atoms with E-state index in [0.29, 0.717) is 5.56 Å². The summed E-state index contributed by atoms with van der Waals surface area (Å²) < 4.78 is 107. The molecule has 10 heteroatoms. The molecule has 0 atom stereocenters. The predicted molar refractivity (Wildman–Crippen MR) is 92.4 cm³/mol. The van der Waals surface area contributed by atoms with Crippen LogP contribution < -0.4 is 0 Å². The van der Waals surface area contributed by atoms with Crippen LogP contribution in [0, 0.1) is 0 Å². The summed E-state index contributed by atoms with van der Waals surface area (Å²) in [4.78, 5) is 11.8. The molecule has 2 aromatic carbocycles. The van der Waals surface area contributed by atoms with Gasteiger partial charge in [0.05, 0.1) is 5.56 Å². The largest absolute Gasteiger partial charge is 0.455 e. The zero-order valence-corrected chi connectivity index (χ0v) is 15.5. The summed E-state index contributed by atoms with van der Waals surface area (Å²) >= 11 is 0. The average molecular weight is 440 g/mol. The maximum atomic E-state index is 13.4. The Balaban J connectivity index is 2.08. The lowest BCUT2D eigenvalue weighted by Crippen LogP contribution is -2.59. The van der Waals surface area contributed by atoms with Crippen LogP contribution in [0.25, 0.3) is 11.1 Å². The highest BCUT2D eigenvalue weighted by molar-refractivity contribution is 5.90. The predicted octanol–water partition coefficient (Wildman–Crippen LogP) is 6.24. The van der Waals surface area contributed by atoms with Crippen molar-refractivity contribution < 1.29 is 44.7 Å². The third kappa shape index (κ3) is 4.57. The minimum Gasteiger partial charge on any atom is -0.455 e. The first-order valence-electron chi connectivity index (χ1n) is 8.61. The SMILES string of the molecule is CCc1ccc(-c2ccc(C(=O)OCC(F)(F)C(F)(F)C(F)(F)C(F)F)cc2)cc1. The quantitative estimate of drug-likeness (QED) is 0.359. The molecule has 0 radical (unpaired) electrons. The van der Waals surface area contributed by atoms with Crippen LogP contribution in [0.3, 0.4) is 0 Å². The van der Waals surface area contributed by atoms with Crippen molar-refractivity contribution in [2.75, 3.05) is 6.61 Å². The molecular formula is C20H16F8O2. The number of benzene rings is 2. The molecular weight excluding hydrogens is 424 g/mol. The first kappa shape index (κ1) is 23.6. The third-order valence-corrected chi connectivity index (χ3v) is 4.35. The number of carbonyl (C=O) groups is 1. The number of hydrogen-bond acceptors (Lipinski definition) is 2. The van der Waals surface area contributed by atoms with Gasteiger partial charge >= 0.3 is 30.2 Å². The van der Waals surface area contributed by atoms with Crippen molar-refractivity contribution >= 4 is 5.97 Å². The molecule has 0 aliphatic rings. The molecule has 0 heterocycles. The fraction of sp³-hybridized carbons (Fsp3) is 0.350. The van der Waals surface area contributed by atoms with Gasteiger partial charge in [0, 0.05) is 0 Å². The van der Waals surface area contributed by atoms with Gasteiger partial charge in [-0.1, -0.05) is 43.3 Å². The molecule has 2 aromatic rings. The molecule has 0 fully saturated rings. The molecule has 0 aliphatic carbocycles. The van der Waals surface area contributed by atoms with Crippen LogP contribution >= 0.6 is 0 Å². The Morgan fingerprint density at radius 3 is 1.77 bits per heavy atom. The van der Waals surface area contributed by atoms with Gasteiger partial charge in [-0.15, -0.1) is 0 Å². The summed E-state index contributed by atoms with van der Waals surface area (Å²) in [5.41, 5.74) is 2.22. The zero-order valence-electron chi connectivity index (χ0n) is 15.5. The van der Waals surface area contributed by atoms with E-state index in [4.69, 9.17) is 0 Å². The van der Waals surface area contributed by atoms with Gasteiger partial charge in [0.1, 0.15) is 0 Å². The highest BCUT2D eigenvalue weighted by Crippen LogP contribution is 2.48. The molecule has 2 nitrogen and oxygen atoms in total. The number of halogens is 8. The second kappa shape index (κ2) is 8.61. The van der Waals surface area contributed by atoms with Gasteiger partial charge in [0.15, 0.2) is 6.61 Å². The molecule has 2 rings (SSSR count). The summed E-state index contributed by atoms with van der Waals surface area (Å²) in [7, 11) is 0. The van der Waals surface area contributed by atoms with Gasteiger partial charge in [-0.25, -0.2) is 13.6 Å². The zero-order chi connectivity index (χ0) is 22.7. The number of hydrogen-bond donors (Lipinski definition) is 0. The van der Waals surface area contributed by atoms with Crippen LogP contribution in [0.2, 0.25) is 0 Å². The summed E-state index contributed by atoms with van der Waals surface area (Å²) in [6, 6.07) is 12.6. The van der Waals surface area contributed by atoms with Crippen LogP contribution in [0.5, 0.6) is 0 Å². The molecule has 0 bridgehead atoms. The van der Waals surface area contributed by atoms with Gasteiger partial charge in [-0.2, -0.15) is 26.3 Å². The Hall–Kier alpha value is -2.65. The van der Waals surface area contributed by atoms with Gasteiger partial charge in [0.25, 0.3) is 0 Å². The van der Waals surface area contributed by atoms with Crippen molar-refractivity contribution in [3.63, 3.8) is 0 Å². The second-order valence-corrected chi connectivity index (χ2v) is 6.41. The molecule has 30 heavy (non-hydrogen) atoms. The normalized spacial score (nSPS) is 12.9. The fourth-order valence-electron chi connectivity index (χ4n) is 2.44. The number of ether oxygens (including phenoxy) is 1. The maximum Gasteiger partial charge on any atom is 0.381 e. The summed E-state index contributed by atoms with van der Waals surface area (Å²) in [6.07, 6.45) is -4.20. The Kier molecular flexibility index (Phi) is 6.78. The summed E-state index contributed by atoms with van der Waals surface area (Å²) in [5, 5.41) is 0. The summed E-state index contributed by atoms with van der Waals surface area (Å²) in [6.45, 7) is -0.523. The number of esters is 1. The van der Waals surface area contributed by atoms with E-state index in [0.717, 1.165) is 29.7 Å². The second-order valence-electron chi connectivity index (χ2n) is 6.41. The van der Waals surface area contributed by atoms with E-state index in [1.165, 1.54) is 12.1 Å². The van der Waals surface area contributed by atoms with E-state index in [1.54, 1.807) is 0 Å². The molecule has 0 aliphatic heterocycles. The fourth-order valence-corrected chi connectivity index (χ4v) is 2.44. The molecule has 164 valence electrons. The molecule has 0 N–H and O–H groups in total. The van der Waals surface area contributed by atoms with Crippen LogP contribution in [0.1, 0.15) is 22.8 Å². The molecule has 0 spiro atoms. The van der Waals surface area contributed by atoms with E-state index >= 15 is 0 Å². The Morgan fingerprint density at radius 2 is 1.33 bits per heavy atom. The number of alkyl halides is 8. The maximum absolute atomic E-state index is 13.4. The van der Waals surface area contributed by atoms with E-state index in [9.17, 15) is 39.9 Å². The number of aryl methyl sites for hydroxylation is 1. The number of carbonyl (C=O) groups excluding carboxylic acids is 1. The lowest BCUT2D eigenvalue weighted by atomic mass is 10.0. The Morgan fingerprint density at radius 1 is 0.867 bits per heavy atom. The van der Waals surface area contributed by atoms with Crippen LogP contribution in [-0.2, 0) is 11.2 Å². The van der Waals surface area contributed by atoms with Gasteiger partial charge in [0.2, 0.25) is 0 Å². The van der Waals surface area contributed by atoms with Gasteiger partial charge in [-0.3, -0.25) is 0 Å². The molecule has 0 amide bonds. The van der Waals surface area contributed by atoms with Crippen molar-refractivity contribution in [3.8, 4) is 11.1 Å². The standard InChI is InChI=1S/C20H16F8O2/c1-2-12-3-5-13(6-4-12)14-7-9-15(10-8-14)16(29)30-11-18(23,24)20(27,28)19(25,26)17(21)22/h3-10,17H,2,11H2,1H3. The average Bonchev–Trinajstić information content (AvgIpc) is 2.71. The smallest absolute Gasteiger partial charge is 0.381 e. The Bertz CT molecular complexity index is 861. The van der Waals surface area contributed by atoms with E-state index in [2.05, 4.69) is 4.74 Å². The van der Waals surface area contributed by atoms with Gasteiger partial charge < -0.3 is 4.74 Å². The van der Waals surface area contributed by atoms with E-state index < -0.39 is 36.8 Å². The highest BCUT2D eigenvalue weighted by Gasteiger charge is 2.75. The van der Waals surface area contributed by atoms with Crippen molar-refractivity contribution in [3.05, 3.63) is 59.7 Å². The number of rotatable bonds is 8. The topological polar surface area (TPSA) is 26.3 Å². The third-order valence-electron chi connectivity index (χ3n) is 4.35. The minimum absolute atomic E-state index is 0.316. The molecule has 0 saturated carbocycles. The van der Waals surface area contributed by atoms with E-state index in [1.807, 2.05) is 31.2 Å². The van der Waals surface area contributed by atoms with Crippen LogP contribution in [0.15, 0.2) is 48.5 Å². The van der Waals surface area contributed by atoms with Crippen molar-refractivity contribution in [1.82, 2.24) is 0 Å². The first-order chi connectivity index (χ1) is 13.8. The van der Waals surface area contributed by atoms with Crippen LogP contribution in [0.4, 0.5) is 35.1 Å². The lowest BCUT2D eigenvalue weighted by molar-refractivity contribution is -0.343. The van der Waals surface area contributed by atoms with Crippen molar-refractivity contribution in [1.29, 1.82) is 0 Å². The highest BCUT2D eigenvalue weighted by atomic mass is 19.4. The lowest BCUT2D eigenvalue weighted by Gasteiger charge is -2.31. The summed E-state index contributed by atoms with van der Waals surface area (Å²) in [5.74, 6) is -20.0. The van der Waals surface area contributed by atoms with Gasteiger partial charge in [-0.05, 0) is 35.2 Å². The molecule has 0 saturated heterocycles.